The van der Waals surface area contributed by atoms with Crippen molar-refractivity contribution in [3.05, 3.63) is 35.9 Å². The number of amides is 2. The fraction of sp³-hybridized carbons (Fsp3) is 0.562. The lowest BCUT2D eigenvalue weighted by atomic mass is 9.99. The maximum Gasteiger partial charge on any atom is 0.317 e. The number of likely N-dealkylation sites (tertiary alicyclic amines) is 1. The Hall–Kier alpha value is -1.51. The van der Waals surface area contributed by atoms with Crippen LogP contribution in [0.15, 0.2) is 30.3 Å². The highest BCUT2D eigenvalue weighted by atomic mass is 16.2. The molecule has 0 saturated carbocycles. The molecule has 1 N–H and O–H groups in total. The molecular weight excluding hydrogens is 236 g/mol. The van der Waals surface area contributed by atoms with Crippen LogP contribution in [0.1, 0.15) is 38.2 Å². The van der Waals surface area contributed by atoms with Crippen LogP contribution in [0.5, 0.6) is 0 Å². The van der Waals surface area contributed by atoms with E-state index in [0.717, 1.165) is 31.8 Å². The van der Waals surface area contributed by atoms with E-state index < -0.39 is 0 Å². The van der Waals surface area contributed by atoms with Crippen LogP contribution in [0, 0.1) is 5.92 Å². The predicted molar refractivity (Wildman–Crippen MR) is 78.2 cm³/mol. The lowest BCUT2D eigenvalue weighted by Crippen LogP contribution is -2.45. The third-order valence-corrected chi connectivity index (χ3v) is 4.00. The zero-order valence-corrected chi connectivity index (χ0v) is 11.9. The van der Waals surface area contributed by atoms with Crippen molar-refractivity contribution >= 4 is 6.03 Å². The van der Waals surface area contributed by atoms with Gasteiger partial charge in [0.25, 0.3) is 0 Å². The minimum absolute atomic E-state index is 0.0923. The molecule has 0 radical (unpaired) electrons. The predicted octanol–water partition coefficient (Wildman–Crippen LogP) is 3.23. The Morgan fingerprint density at radius 3 is 2.58 bits per heavy atom. The molecule has 0 aliphatic carbocycles. The highest BCUT2D eigenvalue weighted by Crippen LogP contribution is 2.16. The van der Waals surface area contributed by atoms with Gasteiger partial charge in [0, 0.05) is 19.6 Å². The van der Waals surface area contributed by atoms with E-state index in [9.17, 15) is 4.79 Å². The van der Waals surface area contributed by atoms with Gasteiger partial charge in [-0.2, -0.15) is 0 Å². The minimum atomic E-state index is 0.0923. The van der Waals surface area contributed by atoms with Gasteiger partial charge in [-0.3, -0.25) is 0 Å². The number of carbonyl (C=O) groups excluding carboxylic acids is 1. The molecule has 1 unspecified atom stereocenters. The van der Waals surface area contributed by atoms with E-state index in [1.165, 1.54) is 5.56 Å². The Morgan fingerprint density at radius 2 is 1.95 bits per heavy atom. The van der Waals surface area contributed by atoms with Gasteiger partial charge in [-0.1, -0.05) is 44.2 Å². The maximum atomic E-state index is 12.1. The highest BCUT2D eigenvalue weighted by Gasteiger charge is 2.20. The van der Waals surface area contributed by atoms with Gasteiger partial charge in [0.15, 0.2) is 0 Å². The van der Waals surface area contributed by atoms with Crippen molar-refractivity contribution in [1.82, 2.24) is 10.2 Å². The molecular formula is C16H24N2O. The van der Waals surface area contributed by atoms with Crippen LogP contribution in [0.3, 0.4) is 0 Å². The first-order chi connectivity index (χ1) is 9.16. The second-order valence-electron chi connectivity index (χ2n) is 5.67. The number of carbonyl (C=O) groups is 1. The second-order valence-corrected chi connectivity index (χ2v) is 5.67. The quantitative estimate of drug-likeness (QED) is 0.889. The number of nitrogens with one attached hydrogen (secondary N) is 1. The van der Waals surface area contributed by atoms with Gasteiger partial charge in [0.05, 0.1) is 0 Å². The van der Waals surface area contributed by atoms with Crippen LogP contribution >= 0.6 is 0 Å². The summed E-state index contributed by atoms with van der Waals surface area (Å²) in [5, 5.41) is 3.05. The van der Waals surface area contributed by atoms with Crippen LogP contribution < -0.4 is 5.32 Å². The average Bonchev–Trinajstić information content (AvgIpc) is 2.46. The van der Waals surface area contributed by atoms with E-state index in [0.29, 0.717) is 12.5 Å². The van der Waals surface area contributed by atoms with Crippen molar-refractivity contribution in [2.24, 2.45) is 5.92 Å². The molecule has 0 aromatic heterocycles. The fourth-order valence-electron chi connectivity index (χ4n) is 2.46. The van der Waals surface area contributed by atoms with Gasteiger partial charge in [0.1, 0.15) is 0 Å². The molecule has 0 bridgehead atoms. The van der Waals surface area contributed by atoms with Gasteiger partial charge in [0.2, 0.25) is 0 Å². The second kappa shape index (κ2) is 6.60. The first-order valence-corrected chi connectivity index (χ1v) is 7.24. The summed E-state index contributed by atoms with van der Waals surface area (Å²) in [5.41, 5.74) is 1.27. The average molecular weight is 260 g/mol. The molecule has 1 fully saturated rings. The van der Waals surface area contributed by atoms with E-state index in [4.69, 9.17) is 0 Å². The van der Waals surface area contributed by atoms with Gasteiger partial charge < -0.3 is 10.2 Å². The molecule has 1 aliphatic rings. The van der Waals surface area contributed by atoms with E-state index in [1.807, 2.05) is 23.1 Å². The van der Waals surface area contributed by atoms with Gasteiger partial charge in [-0.05, 0) is 30.2 Å². The summed E-state index contributed by atoms with van der Waals surface area (Å²) in [6, 6.07) is 10.4. The molecule has 1 atom stereocenters. The minimum Gasteiger partial charge on any atom is -0.337 e. The summed E-state index contributed by atoms with van der Waals surface area (Å²) < 4.78 is 0. The molecule has 2 rings (SSSR count). The SMILES string of the molecule is CC1CCN(C(=O)NCC(C)c2ccccc2)CC1. The van der Waals surface area contributed by atoms with Crippen molar-refractivity contribution in [2.75, 3.05) is 19.6 Å². The zero-order chi connectivity index (χ0) is 13.7. The van der Waals surface area contributed by atoms with E-state index in [-0.39, 0.29) is 6.03 Å². The van der Waals surface area contributed by atoms with Crippen LogP contribution in [0.25, 0.3) is 0 Å². The summed E-state index contributed by atoms with van der Waals surface area (Å²) >= 11 is 0. The summed E-state index contributed by atoms with van der Waals surface area (Å²) in [7, 11) is 0. The van der Waals surface area contributed by atoms with Crippen molar-refractivity contribution in [3.63, 3.8) is 0 Å². The van der Waals surface area contributed by atoms with E-state index in [2.05, 4.69) is 31.3 Å². The molecule has 1 saturated heterocycles. The third-order valence-electron chi connectivity index (χ3n) is 4.00. The molecule has 1 heterocycles. The number of benzene rings is 1. The Morgan fingerprint density at radius 1 is 1.32 bits per heavy atom. The summed E-state index contributed by atoms with van der Waals surface area (Å²) in [4.78, 5) is 14.0. The molecule has 1 aliphatic heterocycles. The van der Waals surface area contributed by atoms with Crippen molar-refractivity contribution < 1.29 is 4.79 Å². The van der Waals surface area contributed by atoms with Crippen molar-refractivity contribution in [1.29, 1.82) is 0 Å². The Bertz CT molecular complexity index is 396. The summed E-state index contributed by atoms with van der Waals surface area (Å²) in [5.74, 6) is 1.11. The molecule has 3 nitrogen and oxygen atoms in total. The van der Waals surface area contributed by atoms with Crippen LogP contribution in [0.4, 0.5) is 4.79 Å². The van der Waals surface area contributed by atoms with Crippen molar-refractivity contribution in [2.45, 2.75) is 32.6 Å². The first kappa shape index (κ1) is 13.9. The lowest BCUT2D eigenvalue weighted by Gasteiger charge is -2.30. The number of urea groups is 1. The lowest BCUT2D eigenvalue weighted by molar-refractivity contribution is 0.173. The molecule has 0 spiro atoms. The molecule has 104 valence electrons. The van der Waals surface area contributed by atoms with Crippen LogP contribution in [-0.4, -0.2) is 30.6 Å². The van der Waals surface area contributed by atoms with Gasteiger partial charge >= 0.3 is 6.03 Å². The number of nitrogens with zero attached hydrogens (tertiary/aromatic N) is 1. The highest BCUT2D eigenvalue weighted by molar-refractivity contribution is 5.74. The molecule has 1 aromatic rings. The zero-order valence-electron chi connectivity index (χ0n) is 11.9. The molecule has 1 aromatic carbocycles. The summed E-state index contributed by atoms with van der Waals surface area (Å²) in [6.45, 7) is 6.90. The van der Waals surface area contributed by atoms with E-state index in [1.54, 1.807) is 0 Å². The normalized spacial score (nSPS) is 18.1. The molecule has 3 heteroatoms. The summed E-state index contributed by atoms with van der Waals surface area (Å²) in [6.07, 6.45) is 2.25. The smallest absolute Gasteiger partial charge is 0.317 e. The van der Waals surface area contributed by atoms with Crippen LogP contribution in [0.2, 0.25) is 0 Å². The monoisotopic (exact) mass is 260 g/mol. The number of rotatable bonds is 3. The standard InChI is InChI=1S/C16H24N2O/c1-13-8-10-18(11-9-13)16(19)17-12-14(2)15-6-4-3-5-7-15/h3-7,13-14H,8-12H2,1-2H3,(H,17,19). The molecule has 2 amide bonds. The Labute approximate surface area is 116 Å². The van der Waals surface area contributed by atoms with Crippen LogP contribution in [-0.2, 0) is 0 Å². The molecule has 19 heavy (non-hydrogen) atoms. The largest absolute Gasteiger partial charge is 0.337 e. The number of hydrogen-bond acceptors (Lipinski definition) is 1. The van der Waals surface area contributed by atoms with Gasteiger partial charge in [-0.15, -0.1) is 0 Å². The first-order valence-electron chi connectivity index (χ1n) is 7.24. The fourth-order valence-corrected chi connectivity index (χ4v) is 2.46. The van der Waals surface area contributed by atoms with Crippen molar-refractivity contribution in [3.8, 4) is 0 Å². The third kappa shape index (κ3) is 3.98. The maximum absolute atomic E-state index is 12.1. The number of hydrogen-bond donors (Lipinski definition) is 1. The topological polar surface area (TPSA) is 32.3 Å². The Kier molecular flexibility index (Phi) is 4.83. The van der Waals surface area contributed by atoms with Gasteiger partial charge in [-0.25, -0.2) is 4.79 Å². The van der Waals surface area contributed by atoms with E-state index >= 15 is 0 Å². The Balaban J connectivity index is 1.77. The number of piperidine rings is 1.